The summed E-state index contributed by atoms with van der Waals surface area (Å²) in [6, 6.07) is 7.13. The molecule has 1 fully saturated rings. The van der Waals surface area contributed by atoms with Crippen LogP contribution in [0.5, 0.6) is 5.75 Å². The van der Waals surface area contributed by atoms with Gasteiger partial charge in [-0.3, -0.25) is 4.79 Å². The first kappa shape index (κ1) is 26.1. The standard InChI is InChI=1S/C27H33Cl2N3O2S/c1-17(2)14-32-18(3)23(27(33)30-13-19-7-5-4-6-8-19)12-25(32)24-16-35-26(31-24)15-34-22-10-20(28)9-21(29)11-22/h9-12,16-17,19H,4-8,13-15H2,1-3H3,(H,30,33). The van der Waals surface area contributed by atoms with Gasteiger partial charge in [-0.1, -0.05) is 56.3 Å². The average Bonchev–Trinajstić information content (AvgIpc) is 3.41. The van der Waals surface area contributed by atoms with Gasteiger partial charge in [0.1, 0.15) is 17.4 Å². The van der Waals surface area contributed by atoms with Crippen LogP contribution in [-0.2, 0) is 13.2 Å². The number of benzene rings is 1. The molecule has 1 aliphatic rings. The number of rotatable bonds is 9. The van der Waals surface area contributed by atoms with Crippen molar-refractivity contribution < 1.29 is 9.53 Å². The number of ether oxygens (including phenoxy) is 1. The van der Waals surface area contributed by atoms with Crippen LogP contribution in [0, 0.1) is 18.8 Å². The third-order valence-corrected chi connectivity index (χ3v) is 7.71. The molecule has 1 aromatic carbocycles. The zero-order valence-electron chi connectivity index (χ0n) is 20.6. The molecule has 0 bridgehead atoms. The molecule has 1 saturated carbocycles. The molecule has 3 aromatic rings. The molecule has 0 unspecified atom stereocenters. The molecule has 0 aliphatic heterocycles. The maximum absolute atomic E-state index is 13.1. The van der Waals surface area contributed by atoms with Crippen LogP contribution in [0.3, 0.4) is 0 Å². The van der Waals surface area contributed by atoms with Crippen LogP contribution in [0.1, 0.15) is 67.0 Å². The number of carbonyl (C=O) groups is 1. The molecule has 5 nitrogen and oxygen atoms in total. The number of aromatic nitrogens is 2. The van der Waals surface area contributed by atoms with E-state index in [0.717, 1.165) is 40.7 Å². The van der Waals surface area contributed by atoms with Crippen molar-refractivity contribution in [1.29, 1.82) is 0 Å². The molecule has 0 atom stereocenters. The van der Waals surface area contributed by atoms with Crippen molar-refractivity contribution in [2.75, 3.05) is 6.54 Å². The van der Waals surface area contributed by atoms with E-state index in [1.807, 2.05) is 18.4 Å². The number of nitrogens with one attached hydrogen (secondary N) is 1. The molecule has 35 heavy (non-hydrogen) atoms. The average molecular weight is 535 g/mol. The van der Waals surface area contributed by atoms with Crippen molar-refractivity contribution in [3.63, 3.8) is 0 Å². The summed E-state index contributed by atoms with van der Waals surface area (Å²) in [6.45, 7) is 8.29. The number of carbonyl (C=O) groups excluding carboxylic acids is 1. The lowest BCUT2D eigenvalue weighted by Crippen LogP contribution is -2.30. The minimum absolute atomic E-state index is 0.00782. The van der Waals surface area contributed by atoms with Gasteiger partial charge in [0.15, 0.2) is 0 Å². The minimum Gasteiger partial charge on any atom is -0.486 e. The van der Waals surface area contributed by atoms with Crippen LogP contribution in [0.4, 0.5) is 0 Å². The fourth-order valence-corrected chi connectivity index (χ4v) is 5.87. The second kappa shape index (κ2) is 11.8. The maximum atomic E-state index is 13.1. The van der Waals surface area contributed by atoms with Gasteiger partial charge in [0.2, 0.25) is 0 Å². The SMILES string of the molecule is Cc1c(C(=O)NCC2CCCCC2)cc(-c2csc(COc3cc(Cl)cc(Cl)c3)n2)n1CC(C)C. The van der Waals surface area contributed by atoms with E-state index in [1.165, 1.54) is 43.4 Å². The Bertz CT molecular complexity index is 1150. The van der Waals surface area contributed by atoms with Crippen LogP contribution < -0.4 is 10.1 Å². The van der Waals surface area contributed by atoms with E-state index in [4.69, 9.17) is 32.9 Å². The van der Waals surface area contributed by atoms with Crippen LogP contribution in [0.15, 0.2) is 29.6 Å². The van der Waals surface area contributed by atoms with E-state index >= 15 is 0 Å². The monoisotopic (exact) mass is 533 g/mol. The molecule has 8 heteroatoms. The number of nitrogens with zero attached hydrogens (tertiary/aromatic N) is 2. The number of hydrogen-bond acceptors (Lipinski definition) is 4. The fourth-order valence-electron chi connectivity index (χ4n) is 4.66. The molecular weight excluding hydrogens is 501 g/mol. The van der Waals surface area contributed by atoms with E-state index in [-0.39, 0.29) is 5.91 Å². The minimum atomic E-state index is 0.00782. The van der Waals surface area contributed by atoms with Crippen LogP contribution in [0.2, 0.25) is 10.0 Å². The first-order chi connectivity index (χ1) is 16.8. The van der Waals surface area contributed by atoms with E-state index in [0.29, 0.717) is 34.2 Å². The number of amides is 1. The first-order valence-corrected chi connectivity index (χ1v) is 14.0. The van der Waals surface area contributed by atoms with Crippen LogP contribution >= 0.6 is 34.5 Å². The highest BCUT2D eigenvalue weighted by Gasteiger charge is 2.22. The largest absolute Gasteiger partial charge is 0.486 e. The van der Waals surface area contributed by atoms with Gasteiger partial charge >= 0.3 is 0 Å². The van der Waals surface area contributed by atoms with E-state index in [1.54, 1.807) is 18.2 Å². The number of thiazole rings is 1. The molecule has 4 rings (SSSR count). The Labute approximate surface area is 221 Å². The molecule has 0 saturated heterocycles. The fraction of sp³-hybridized carbons (Fsp3) is 0.481. The topological polar surface area (TPSA) is 56.1 Å². The smallest absolute Gasteiger partial charge is 0.253 e. The molecule has 2 heterocycles. The van der Waals surface area contributed by atoms with E-state index in [2.05, 4.69) is 23.7 Å². The molecule has 188 valence electrons. The molecule has 0 radical (unpaired) electrons. The van der Waals surface area contributed by atoms with Crippen molar-refractivity contribution in [3.05, 3.63) is 56.0 Å². The Morgan fingerprint density at radius 2 is 1.89 bits per heavy atom. The zero-order chi connectivity index (χ0) is 24.9. The summed E-state index contributed by atoms with van der Waals surface area (Å²) in [7, 11) is 0. The summed E-state index contributed by atoms with van der Waals surface area (Å²) < 4.78 is 8.08. The third-order valence-electron chi connectivity index (χ3n) is 6.45. The molecule has 0 spiro atoms. The quantitative estimate of drug-likeness (QED) is 0.305. The highest BCUT2D eigenvalue weighted by atomic mass is 35.5. The third kappa shape index (κ3) is 6.81. The molecular formula is C27H33Cl2N3O2S. The van der Waals surface area contributed by atoms with Crippen molar-refractivity contribution in [2.24, 2.45) is 11.8 Å². The Balaban J connectivity index is 1.51. The van der Waals surface area contributed by atoms with Crippen molar-refractivity contribution >= 4 is 40.4 Å². The summed E-state index contributed by atoms with van der Waals surface area (Å²) in [5, 5.41) is 7.13. The van der Waals surface area contributed by atoms with Crippen molar-refractivity contribution in [1.82, 2.24) is 14.9 Å². The zero-order valence-corrected chi connectivity index (χ0v) is 22.9. The lowest BCUT2D eigenvalue weighted by Gasteiger charge is -2.21. The van der Waals surface area contributed by atoms with Gasteiger partial charge in [0.25, 0.3) is 5.91 Å². The molecule has 2 aromatic heterocycles. The van der Waals surface area contributed by atoms with Gasteiger partial charge in [-0.15, -0.1) is 11.3 Å². The normalized spacial score (nSPS) is 14.5. The second-order valence-corrected chi connectivity index (χ2v) is 11.6. The Hall–Kier alpha value is -2.02. The summed E-state index contributed by atoms with van der Waals surface area (Å²) in [5.74, 6) is 1.65. The van der Waals surface area contributed by atoms with Gasteiger partial charge in [0.05, 0.1) is 17.0 Å². The van der Waals surface area contributed by atoms with Gasteiger partial charge in [0, 0.05) is 34.2 Å². The predicted molar refractivity (Wildman–Crippen MR) is 145 cm³/mol. The molecule has 1 amide bonds. The van der Waals surface area contributed by atoms with Crippen molar-refractivity contribution in [3.8, 4) is 17.1 Å². The Morgan fingerprint density at radius 1 is 1.17 bits per heavy atom. The van der Waals surface area contributed by atoms with Crippen LogP contribution in [-0.4, -0.2) is 22.0 Å². The summed E-state index contributed by atoms with van der Waals surface area (Å²) in [6.07, 6.45) is 6.29. The predicted octanol–water partition coefficient (Wildman–Crippen LogP) is 7.77. The van der Waals surface area contributed by atoms with Gasteiger partial charge in [-0.05, 0) is 55.9 Å². The summed E-state index contributed by atoms with van der Waals surface area (Å²) in [5.41, 5.74) is 3.53. The lowest BCUT2D eigenvalue weighted by atomic mass is 9.89. The summed E-state index contributed by atoms with van der Waals surface area (Å²) >= 11 is 13.7. The van der Waals surface area contributed by atoms with Crippen LogP contribution in [0.25, 0.3) is 11.4 Å². The first-order valence-electron chi connectivity index (χ1n) is 12.3. The highest BCUT2D eigenvalue weighted by Crippen LogP contribution is 2.30. The molecule has 1 aliphatic carbocycles. The number of halogens is 2. The molecule has 1 N–H and O–H groups in total. The summed E-state index contributed by atoms with van der Waals surface area (Å²) in [4.78, 5) is 17.9. The van der Waals surface area contributed by atoms with Gasteiger partial charge in [-0.2, -0.15) is 0 Å². The highest BCUT2D eigenvalue weighted by molar-refractivity contribution is 7.09. The van der Waals surface area contributed by atoms with E-state index < -0.39 is 0 Å². The van der Waals surface area contributed by atoms with E-state index in [9.17, 15) is 4.79 Å². The van der Waals surface area contributed by atoms with Crippen molar-refractivity contribution in [2.45, 2.75) is 66.0 Å². The lowest BCUT2D eigenvalue weighted by molar-refractivity contribution is 0.0943. The number of hydrogen-bond donors (Lipinski definition) is 1. The Kier molecular flexibility index (Phi) is 8.79. The van der Waals surface area contributed by atoms with Gasteiger partial charge in [-0.25, -0.2) is 4.98 Å². The maximum Gasteiger partial charge on any atom is 0.253 e. The second-order valence-electron chi connectivity index (χ2n) is 9.77. The van der Waals surface area contributed by atoms with Gasteiger partial charge < -0.3 is 14.6 Å². The Morgan fingerprint density at radius 3 is 2.57 bits per heavy atom.